The van der Waals surface area contributed by atoms with Crippen molar-refractivity contribution in [1.82, 2.24) is 5.32 Å². The normalized spacial score (nSPS) is 10.8. The number of carbonyl (C=O) groups excluding carboxylic acids is 1. The summed E-state index contributed by atoms with van der Waals surface area (Å²) >= 11 is 0. The van der Waals surface area contributed by atoms with Gasteiger partial charge in [-0.3, -0.25) is 10.1 Å². The molecule has 1 amide bonds. The first kappa shape index (κ1) is 22.3. The largest absolute Gasteiger partial charge is 0.750 e. The van der Waals surface area contributed by atoms with Crippen LogP contribution in [0.3, 0.4) is 0 Å². The fourth-order valence-electron chi connectivity index (χ4n) is 2.25. The standard InChI is InChI=1S/C19H21N2O7P/c22-19(26-15-16-7-3-1-4-8-16)20-13-5-2-6-14-27-29(25)28-18-11-9-17(10-12-18)21(23)24/h1,3-4,7-12H,2,5-6,13-15H2/p+1. The summed E-state index contributed by atoms with van der Waals surface area (Å²) in [4.78, 5) is 21.6. The summed E-state index contributed by atoms with van der Waals surface area (Å²) in [6, 6.07) is 14.6. The predicted molar refractivity (Wildman–Crippen MR) is 106 cm³/mol. The molecule has 9 nitrogen and oxygen atoms in total. The van der Waals surface area contributed by atoms with E-state index < -0.39 is 19.3 Å². The van der Waals surface area contributed by atoms with Crippen molar-refractivity contribution in [2.75, 3.05) is 13.2 Å². The van der Waals surface area contributed by atoms with Crippen LogP contribution in [0.5, 0.6) is 5.75 Å². The molecule has 0 radical (unpaired) electrons. The van der Waals surface area contributed by atoms with Gasteiger partial charge < -0.3 is 10.1 Å². The van der Waals surface area contributed by atoms with Crippen molar-refractivity contribution in [1.29, 1.82) is 0 Å². The molecule has 2 rings (SSSR count). The van der Waals surface area contributed by atoms with E-state index in [1.165, 1.54) is 24.3 Å². The molecule has 2 aromatic rings. The number of non-ortho nitro benzene ring substituents is 1. The third kappa shape index (κ3) is 9.14. The molecule has 0 aromatic heterocycles. The quantitative estimate of drug-likeness (QED) is 0.228. The molecular weight excluding hydrogens is 399 g/mol. The highest BCUT2D eigenvalue weighted by Crippen LogP contribution is 2.29. The Morgan fingerprint density at radius 3 is 2.45 bits per heavy atom. The zero-order chi connectivity index (χ0) is 20.9. The number of nitrogens with zero attached hydrogens (tertiary/aromatic N) is 1. The van der Waals surface area contributed by atoms with E-state index in [2.05, 4.69) is 5.32 Å². The molecule has 1 atom stereocenters. The smallest absolute Gasteiger partial charge is 0.445 e. The Morgan fingerprint density at radius 1 is 1.03 bits per heavy atom. The number of nitrogens with one attached hydrogen (secondary N) is 1. The molecule has 0 saturated carbocycles. The number of benzene rings is 2. The van der Waals surface area contributed by atoms with Crippen molar-refractivity contribution in [3.63, 3.8) is 0 Å². The molecule has 0 aliphatic heterocycles. The van der Waals surface area contributed by atoms with Crippen molar-refractivity contribution in [3.8, 4) is 5.75 Å². The van der Waals surface area contributed by atoms with Crippen LogP contribution < -0.4 is 9.84 Å². The first-order valence-electron chi connectivity index (χ1n) is 9.02. The number of unbranched alkanes of at least 4 members (excludes halogenated alkanes) is 2. The molecule has 2 aromatic carbocycles. The fraction of sp³-hybridized carbons (Fsp3) is 0.316. The SMILES string of the molecule is O=C(NCCCCCO[P+](=O)Oc1ccc([N+](=O)[O-])cc1)OCc1ccccc1. The van der Waals surface area contributed by atoms with Gasteiger partial charge in [0.15, 0.2) is 5.75 Å². The van der Waals surface area contributed by atoms with E-state index in [0.717, 1.165) is 18.4 Å². The van der Waals surface area contributed by atoms with Crippen molar-refractivity contribution >= 4 is 20.0 Å². The van der Waals surface area contributed by atoms with Crippen LogP contribution >= 0.6 is 8.25 Å². The molecule has 0 fully saturated rings. The lowest BCUT2D eigenvalue weighted by Crippen LogP contribution is -2.25. The van der Waals surface area contributed by atoms with Gasteiger partial charge in [0.2, 0.25) is 0 Å². The molecule has 0 aliphatic rings. The molecule has 1 N–H and O–H groups in total. The Bertz CT molecular complexity index is 800. The highest BCUT2D eigenvalue weighted by molar-refractivity contribution is 7.33. The monoisotopic (exact) mass is 421 g/mol. The molecule has 0 heterocycles. The van der Waals surface area contributed by atoms with Gasteiger partial charge in [-0.15, -0.1) is 4.52 Å². The summed E-state index contributed by atoms with van der Waals surface area (Å²) in [6.07, 6.45) is 1.67. The summed E-state index contributed by atoms with van der Waals surface area (Å²) in [6.45, 7) is 0.933. The average molecular weight is 421 g/mol. The number of alkyl carbamates (subject to hydrolysis) is 1. The Kier molecular flexibility index (Phi) is 9.54. The molecule has 0 bridgehead atoms. The predicted octanol–water partition coefficient (Wildman–Crippen LogP) is 4.74. The minimum Gasteiger partial charge on any atom is -0.445 e. The number of ether oxygens (including phenoxy) is 1. The summed E-state index contributed by atoms with van der Waals surface area (Å²) in [5.41, 5.74) is 0.843. The second-order valence-electron chi connectivity index (χ2n) is 5.95. The molecular formula is C19H22N2O7P+. The van der Waals surface area contributed by atoms with Crippen LogP contribution in [0, 0.1) is 10.1 Å². The number of carbonyl (C=O) groups is 1. The van der Waals surface area contributed by atoms with Gasteiger partial charge in [-0.25, -0.2) is 9.32 Å². The lowest BCUT2D eigenvalue weighted by Gasteiger charge is -2.06. The van der Waals surface area contributed by atoms with Gasteiger partial charge in [-0.1, -0.05) is 30.3 Å². The molecule has 10 heteroatoms. The Balaban J connectivity index is 1.48. The van der Waals surface area contributed by atoms with Gasteiger partial charge in [-0.2, -0.15) is 0 Å². The molecule has 0 saturated heterocycles. The summed E-state index contributed by atoms with van der Waals surface area (Å²) in [5.74, 6) is 0.231. The van der Waals surface area contributed by atoms with Crippen molar-refractivity contribution in [2.45, 2.75) is 25.9 Å². The summed E-state index contributed by atoms with van der Waals surface area (Å²) in [5, 5.41) is 13.2. The maximum atomic E-state index is 11.7. The maximum Gasteiger partial charge on any atom is 0.750 e. The van der Waals surface area contributed by atoms with E-state index in [9.17, 15) is 19.5 Å². The van der Waals surface area contributed by atoms with Crippen LogP contribution in [-0.2, 0) is 20.4 Å². The molecule has 0 spiro atoms. The zero-order valence-electron chi connectivity index (χ0n) is 15.7. The number of rotatable bonds is 12. The number of hydrogen-bond donors (Lipinski definition) is 1. The van der Waals surface area contributed by atoms with Gasteiger partial charge in [0, 0.05) is 23.2 Å². The van der Waals surface area contributed by atoms with Gasteiger partial charge in [0.1, 0.15) is 13.2 Å². The number of nitro groups is 1. The van der Waals surface area contributed by atoms with Crippen molar-refractivity contribution in [2.24, 2.45) is 0 Å². The highest BCUT2D eigenvalue weighted by atomic mass is 31.1. The number of nitro benzene ring substituents is 1. The molecule has 154 valence electrons. The van der Waals surface area contributed by atoms with E-state index in [-0.39, 0.29) is 24.7 Å². The van der Waals surface area contributed by atoms with Crippen LogP contribution in [0.25, 0.3) is 0 Å². The Labute approximate surface area is 169 Å². The average Bonchev–Trinajstić information content (AvgIpc) is 2.72. The zero-order valence-corrected chi connectivity index (χ0v) is 16.6. The summed E-state index contributed by atoms with van der Waals surface area (Å²) < 4.78 is 26.9. The van der Waals surface area contributed by atoms with Gasteiger partial charge in [0.25, 0.3) is 5.69 Å². The Morgan fingerprint density at radius 2 is 1.76 bits per heavy atom. The van der Waals surface area contributed by atoms with Gasteiger partial charge >= 0.3 is 14.3 Å². The third-order valence-electron chi connectivity index (χ3n) is 3.73. The second kappa shape index (κ2) is 12.4. The highest BCUT2D eigenvalue weighted by Gasteiger charge is 2.22. The maximum absolute atomic E-state index is 11.7. The molecule has 0 aliphatic carbocycles. The number of amides is 1. The fourth-order valence-corrected chi connectivity index (χ4v) is 2.87. The van der Waals surface area contributed by atoms with E-state index in [1.807, 2.05) is 30.3 Å². The van der Waals surface area contributed by atoms with Crippen LogP contribution in [0.2, 0.25) is 0 Å². The first-order chi connectivity index (χ1) is 14.0. The van der Waals surface area contributed by atoms with Crippen molar-refractivity contribution in [3.05, 3.63) is 70.3 Å². The number of hydrogen-bond acceptors (Lipinski definition) is 7. The molecule has 29 heavy (non-hydrogen) atoms. The van der Waals surface area contributed by atoms with Crippen LogP contribution in [0.4, 0.5) is 10.5 Å². The van der Waals surface area contributed by atoms with Crippen LogP contribution in [-0.4, -0.2) is 24.2 Å². The first-order valence-corrected chi connectivity index (χ1v) is 10.1. The van der Waals surface area contributed by atoms with Crippen LogP contribution in [0.1, 0.15) is 24.8 Å². The summed E-state index contributed by atoms with van der Waals surface area (Å²) in [7, 11) is -2.35. The lowest BCUT2D eigenvalue weighted by atomic mass is 10.2. The van der Waals surface area contributed by atoms with E-state index >= 15 is 0 Å². The second-order valence-corrected chi connectivity index (χ2v) is 6.84. The minimum atomic E-state index is -2.35. The minimum absolute atomic E-state index is 0.0777. The third-order valence-corrected chi connectivity index (χ3v) is 4.48. The van der Waals surface area contributed by atoms with E-state index in [1.54, 1.807) is 0 Å². The van der Waals surface area contributed by atoms with Crippen LogP contribution in [0.15, 0.2) is 54.6 Å². The topological polar surface area (TPSA) is 117 Å². The molecule has 1 unspecified atom stereocenters. The van der Waals surface area contributed by atoms with Gasteiger partial charge in [0.05, 0.1) is 4.92 Å². The van der Waals surface area contributed by atoms with E-state index in [4.69, 9.17) is 13.8 Å². The Hall–Kier alpha value is -3.03. The van der Waals surface area contributed by atoms with Crippen molar-refractivity contribution < 1.29 is 28.1 Å². The lowest BCUT2D eigenvalue weighted by molar-refractivity contribution is -0.384. The van der Waals surface area contributed by atoms with E-state index in [0.29, 0.717) is 13.0 Å². The van der Waals surface area contributed by atoms with Gasteiger partial charge in [-0.05, 0) is 37.0 Å².